The molecule has 1 aliphatic rings. The number of thiophene rings is 1. The van der Waals surface area contributed by atoms with E-state index in [0.29, 0.717) is 40.7 Å². The van der Waals surface area contributed by atoms with Crippen molar-refractivity contribution in [3.8, 4) is 0 Å². The summed E-state index contributed by atoms with van der Waals surface area (Å²) < 4.78 is 5.30. The van der Waals surface area contributed by atoms with Gasteiger partial charge < -0.3 is 25.6 Å². The Morgan fingerprint density at radius 3 is 2.46 bits per heavy atom. The molecule has 1 unspecified atom stereocenters. The van der Waals surface area contributed by atoms with Crippen molar-refractivity contribution in [2.75, 3.05) is 23.8 Å². The van der Waals surface area contributed by atoms with E-state index in [9.17, 15) is 34.1 Å². The molecule has 0 fully saturated rings. The zero-order valence-corrected chi connectivity index (χ0v) is 30.1. The van der Waals surface area contributed by atoms with E-state index in [2.05, 4.69) is 16.0 Å². The maximum absolute atomic E-state index is 13.6. The van der Waals surface area contributed by atoms with Crippen LogP contribution in [0.1, 0.15) is 57.5 Å². The van der Waals surface area contributed by atoms with Gasteiger partial charge in [0.15, 0.2) is 0 Å². The maximum atomic E-state index is 13.6. The van der Waals surface area contributed by atoms with Gasteiger partial charge in [0.2, 0.25) is 11.8 Å². The fourth-order valence-corrected chi connectivity index (χ4v) is 7.55. The number of ether oxygens (including phenoxy) is 1. The first-order valence-corrected chi connectivity index (χ1v) is 17.9. The molecule has 0 saturated carbocycles. The summed E-state index contributed by atoms with van der Waals surface area (Å²) in [5.41, 5.74) is 1.35. The predicted molar refractivity (Wildman–Crippen MR) is 199 cm³/mol. The van der Waals surface area contributed by atoms with Crippen LogP contribution in [0.25, 0.3) is 6.08 Å². The highest BCUT2D eigenvalue weighted by atomic mass is 32.2. The number of nitro benzene ring substituents is 1. The van der Waals surface area contributed by atoms with Crippen molar-refractivity contribution in [2.45, 2.75) is 43.9 Å². The first-order valence-electron chi connectivity index (χ1n) is 16.2. The monoisotopic (exact) mass is 741 g/mol. The number of nitrogens with one attached hydrogen (secondary N) is 3. The third-order valence-electron chi connectivity index (χ3n) is 7.95. The first kappa shape index (κ1) is 37.5. The molecule has 4 aromatic rings. The fraction of sp³-hybridized carbons (Fsp3) is 0.216. The van der Waals surface area contributed by atoms with Gasteiger partial charge in [0, 0.05) is 40.6 Å². The Morgan fingerprint density at radius 1 is 1.02 bits per heavy atom. The lowest BCUT2D eigenvalue weighted by atomic mass is 10.0. The molecule has 0 saturated heterocycles. The highest BCUT2D eigenvalue weighted by Gasteiger charge is 2.31. The van der Waals surface area contributed by atoms with Crippen molar-refractivity contribution in [1.82, 2.24) is 10.2 Å². The predicted octanol–water partition coefficient (Wildman–Crippen LogP) is 6.27. The summed E-state index contributed by atoms with van der Waals surface area (Å²) in [5.74, 6) is -2.29. The number of nitrogens with zero attached hydrogens (tertiary/aromatic N) is 2. The van der Waals surface area contributed by atoms with Gasteiger partial charge >= 0.3 is 5.97 Å². The van der Waals surface area contributed by atoms with Crippen LogP contribution in [0.5, 0.6) is 0 Å². The molecule has 0 aliphatic carbocycles. The number of thioether (sulfide) groups is 1. The summed E-state index contributed by atoms with van der Waals surface area (Å²) >= 11 is 2.46. The van der Waals surface area contributed by atoms with Crippen molar-refractivity contribution in [2.24, 2.45) is 0 Å². The Hall–Kier alpha value is -5.80. The highest BCUT2D eigenvalue weighted by Crippen LogP contribution is 2.38. The number of carbonyl (C=O) groups is 5. The van der Waals surface area contributed by atoms with E-state index in [0.717, 1.165) is 10.4 Å². The molecular weight excluding hydrogens is 707 g/mol. The van der Waals surface area contributed by atoms with E-state index in [1.807, 2.05) is 0 Å². The van der Waals surface area contributed by atoms with Crippen molar-refractivity contribution in [3.05, 3.63) is 122 Å². The van der Waals surface area contributed by atoms with Crippen molar-refractivity contribution in [1.29, 1.82) is 0 Å². The Labute approximate surface area is 307 Å². The average Bonchev–Trinajstić information content (AvgIpc) is 3.49. The minimum Gasteiger partial charge on any atom is -0.462 e. The smallest absolute Gasteiger partial charge is 0.341 e. The summed E-state index contributed by atoms with van der Waals surface area (Å²) in [6, 6.07) is 20.8. The largest absolute Gasteiger partial charge is 0.462 e. The Bertz CT molecular complexity index is 2060. The number of hydrogen-bond donors (Lipinski definition) is 3. The van der Waals surface area contributed by atoms with Gasteiger partial charge in [0.1, 0.15) is 10.7 Å². The van der Waals surface area contributed by atoms with Gasteiger partial charge in [-0.05, 0) is 68.3 Å². The number of amides is 4. The molecule has 0 bridgehead atoms. The number of fused-ring (bicyclic) bond motifs is 1. The van der Waals surface area contributed by atoms with E-state index < -0.39 is 28.0 Å². The van der Waals surface area contributed by atoms with Crippen LogP contribution in [-0.2, 0) is 32.1 Å². The number of nitro groups is 1. The molecule has 3 N–H and O–H groups in total. The van der Waals surface area contributed by atoms with Crippen LogP contribution in [-0.4, -0.2) is 57.8 Å². The third-order valence-corrected chi connectivity index (χ3v) is 10.2. The van der Waals surface area contributed by atoms with Crippen LogP contribution in [0.3, 0.4) is 0 Å². The van der Waals surface area contributed by atoms with Crippen molar-refractivity contribution in [3.63, 3.8) is 0 Å². The number of benzene rings is 3. The number of carbonyl (C=O) groups excluding carboxylic acids is 5. The van der Waals surface area contributed by atoms with Crippen molar-refractivity contribution >= 4 is 75.1 Å². The second-order valence-corrected chi connectivity index (χ2v) is 14.1. The van der Waals surface area contributed by atoms with Crippen LogP contribution in [0.2, 0.25) is 0 Å². The Morgan fingerprint density at radius 2 is 1.75 bits per heavy atom. The Kier molecular flexibility index (Phi) is 12.2. The van der Waals surface area contributed by atoms with Crippen LogP contribution < -0.4 is 16.0 Å². The third kappa shape index (κ3) is 9.10. The zero-order chi connectivity index (χ0) is 37.4. The average molecular weight is 742 g/mol. The van der Waals surface area contributed by atoms with Crippen LogP contribution in [0.15, 0.2) is 89.5 Å². The molecule has 0 spiro atoms. The molecule has 1 atom stereocenters. The van der Waals surface area contributed by atoms with Gasteiger partial charge in [-0.2, -0.15) is 0 Å². The van der Waals surface area contributed by atoms with Crippen LogP contribution in [0, 0.1) is 10.1 Å². The molecule has 268 valence electrons. The second-order valence-electron chi connectivity index (χ2n) is 11.5. The minimum absolute atomic E-state index is 0.0740. The molecule has 13 nitrogen and oxygen atoms in total. The van der Waals surface area contributed by atoms with Gasteiger partial charge in [-0.3, -0.25) is 29.3 Å². The van der Waals surface area contributed by atoms with Gasteiger partial charge in [-0.15, -0.1) is 23.1 Å². The summed E-state index contributed by atoms with van der Waals surface area (Å²) in [6.07, 6.45) is 1.71. The normalized spacial score (nSPS) is 13.0. The van der Waals surface area contributed by atoms with E-state index in [-0.39, 0.29) is 40.9 Å². The van der Waals surface area contributed by atoms with Gasteiger partial charge in [-0.25, -0.2) is 4.79 Å². The second kappa shape index (κ2) is 16.9. The SMILES string of the molecule is CCOC(=O)c1c(NC(=O)C(C)Sc2cccc(NC(=O)/C(=C\c3ccccc3[N+](=O)[O-])NC(=O)c3ccccc3)c2)sc2c1CCN(C(C)=O)C2. The fourth-order valence-electron chi connectivity index (χ4n) is 5.37. The Balaban J connectivity index is 1.33. The van der Waals surface area contributed by atoms with Crippen LogP contribution >= 0.6 is 23.1 Å². The number of anilines is 2. The summed E-state index contributed by atoms with van der Waals surface area (Å²) in [4.78, 5) is 79.3. The topological polar surface area (TPSA) is 177 Å². The molecule has 2 heterocycles. The summed E-state index contributed by atoms with van der Waals surface area (Å²) in [7, 11) is 0. The summed E-state index contributed by atoms with van der Waals surface area (Å²) in [6.45, 7) is 5.86. The maximum Gasteiger partial charge on any atom is 0.341 e. The number of para-hydroxylation sites is 1. The standard InChI is InChI=1S/C37H35N5O8S2/c1-4-50-37(47)32-28-17-18-41(23(3)43)21-31(28)52-36(32)40-33(44)22(2)51-27-15-10-14-26(20-27)38-35(46)29(39-34(45)24-11-6-5-7-12-24)19-25-13-8-9-16-30(25)42(48)49/h5-16,19-20,22H,4,17-18,21H2,1-3H3,(H,38,46)(H,39,45)(H,40,44)/b29-19+. The molecule has 52 heavy (non-hydrogen) atoms. The molecule has 1 aromatic heterocycles. The van der Waals surface area contributed by atoms with E-state index >= 15 is 0 Å². The van der Waals surface area contributed by atoms with Crippen LogP contribution in [0.4, 0.5) is 16.4 Å². The number of esters is 1. The zero-order valence-electron chi connectivity index (χ0n) is 28.5. The van der Waals surface area contributed by atoms with Gasteiger partial charge in [0.05, 0.1) is 34.5 Å². The van der Waals surface area contributed by atoms with E-state index in [1.54, 1.807) is 79.4 Å². The number of hydrogen-bond acceptors (Lipinski definition) is 10. The molecule has 15 heteroatoms. The first-order chi connectivity index (χ1) is 24.9. The lowest BCUT2D eigenvalue weighted by Gasteiger charge is -2.25. The lowest BCUT2D eigenvalue weighted by molar-refractivity contribution is -0.385. The van der Waals surface area contributed by atoms with E-state index in [1.165, 1.54) is 54.3 Å². The highest BCUT2D eigenvalue weighted by molar-refractivity contribution is 8.00. The molecule has 1 aliphatic heterocycles. The van der Waals surface area contributed by atoms with Gasteiger partial charge in [0.25, 0.3) is 17.5 Å². The van der Waals surface area contributed by atoms with E-state index in [4.69, 9.17) is 4.74 Å². The molecule has 5 rings (SSSR count). The quantitative estimate of drug-likeness (QED) is 0.0497. The lowest BCUT2D eigenvalue weighted by Crippen LogP contribution is -2.34. The molecular formula is C37H35N5O8S2. The summed E-state index contributed by atoms with van der Waals surface area (Å²) in [5, 5.41) is 19.6. The minimum atomic E-state index is -0.730. The van der Waals surface area contributed by atoms with Gasteiger partial charge in [-0.1, -0.05) is 36.4 Å². The molecule has 0 radical (unpaired) electrons. The molecule has 4 amide bonds. The van der Waals surface area contributed by atoms with Crippen molar-refractivity contribution < 1.29 is 33.6 Å². The number of rotatable bonds is 12. The molecule has 3 aromatic carbocycles.